The van der Waals surface area contributed by atoms with Crippen LogP contribution in [-0.4, -0.2) is 14.3 Å². The Morgan fingerprint density at radius 3 is 2.68 bits per heavy atom. The monoisotopic (exact) mass is 309 g/mol. The average molecular weight is 309 g/mol. The highest BCUT2D eigenvalue weighted by Gasteiger charge is 2.11. The van der Waals surface area contributed by atoms with Crippen LogP contribution in [0.4, 0.5) is 5.69 Å². The van der Waals surface area contributed by atoms with Gasteiger partial charge in [-0.05, 0) is 36.8 Å². The summed E-state index contributed by atoms with van der Waals surface area (Å²) in [5, 5.41) is 10.7. The molecular formula is C16H11N3O2S. The number of hydrogen-bond donors (Lipinski definition) is 0. The zero-order valence-corrected chi connectivity index (χ0v) is 12.5. The predicted molar refractivity (Wildman–Crippen MR) is 87.4 cm³/mol. The fraction of sp³-hybridized carbons (Fsp3) is 0.0625. The SMILES string of the molecule is Cc1ccc2c(c1)sc1nc(-c3ccc([N+](=O)[O-])cc3)cn12. The van der Waals surface area contributed by atoms with Gasteiger partial charge >= 0.3 is 0 Å². The number of aryl methyl sites for hydroxylation is 1. The molecule has 4 rings (SSSR count). The van der Waals surface area contributed by atoms with Crippen LogP contribution in [0, 0.1) is 17.0 Å². The van der Waals surface area contributed by atoms with E-state index in [1.165, 1.54) is 22.4 Å². The number of nitro groups is 1. The molecule has 0 amide bonds. The molecule has 0 saturated heterocycles. The first-order chi connectivity index (χ1) is 10.6. The molecule has 0 aliphatic rings. The van der Waals surface area contributed by atoms with E-state index in [1.54, 1.807) is 23.5 Å². The molecule has 0 fully saturated rings. The van der Waals surface area contributed by atoms with E-state index in [2.05, 4.69) is 34.5 Å². The summed E-state index contributed by atoms with van der Waals surface area (Å²) >= 11 is 1.64. The van der Waals surface area contributed by atoms with Crippen LogP contribution in [-0.2, 0) is 0 Å². The van der Waals surface area contributed by atoms with Crippen molar-refractivity contribution >= 4 is 32.2 Å². The van der Waals surface area contributed by atoms with Gasteiger partial charge in [0, 0.05) is 23.9 Å². The van der Waals surface area contributed by atoms with Gasteiger partial charge in [0.15, 0.2) is 4.96 Å². The Labute approximate surface area is 129 Å². The Morgan fingerprint density at radius 2 is 1.95 bits per heavy atom. The van der Waals surface area contributed by atoms with E-state index < -0.39 is 4.92 Å². The Bertz CT molecular complexity index is 1020. The molecule has 0 spiro atoms. The maximum absolute atomic E-state index is 10.7. The zero-order valence-electron chi connectivity index (χ0n) is 11.7. The first-order valence-electron chi connectivity index (χ1n) is 6.75. The van der Waals surface area contributed by atoms with E-state index >= 15 is 0 Å². The fourth-order valence-electron chi connectivity index (χ4n) is 2.50. The van der Waals surface area contributed by atoms with Crippen molar-refractivity contribution in [1.82, 2.24) is 9.38 Å². The van der Waals surface area contributed by atoms with Gasteiger partial charge in [-0.25, -0.2) is 4.98 Å². The molecule has 0 radical (unpaired) electrons. The summed E-state index contributed by atoms with van der Waals surface area (Å²) in [4.78, 5) is 15.9. The van der Waals surface area contributed by atoms with Crippen molar-refractivity contribution in [1.29, 1.82) is 0 Å². The second-order valence-corrected chi connectivity index (χ2v) is 6.17. The maximum Gasteiger partial charge on any atom is 0.269 e. The molecule has 6 heteroatoms. The van der Waals surface area contributed by atoms with E-state index in [0.717, 1.165) is 21.7 Å². The molecule has 2 aromatic carbocycles. The smallest absolute Gasteiger partial charge is 0.269 e. The van der Waals surface area contributed by atoms with Crippen molar-refractivity contribution in [2.45, 2.75) is 6.92 Å². The van der Waals surface area contributed by atoms with Gasteiger partial charge in [-0.3, -0.25) is 14.5 Å². The maximum atomic E-state index is 10.7. The highest BCUT2D eigenvalue weighted by Crippen LogP contribution is 2.30. The number of benzene rings is 2. The summed E-state index contributed by atoms with van der Waals surface area (Å²) in [6.07, 6.45) is 1.98. The van der Waals surface area contributed by atoms with Crippen LogP contribution in [0.3, 0.4) is 0 Å². The number of fused-ring (bicyclic) bond motifs is 3. The van der Waals surface area contributed by atoms with E-state index in [4.69, 9.17) is 0 Å². The normalized spacial score (nSPS) is 11.3. The topological polar surface area (TPSA) is 60.4 Å². The molecule has 0 atom stereocenters. The average Bonchev–Trinajstić information content (AvgIpc) is 3.04. The molecule has 4 aromatic rings. The fourth-order valence-corrected chi connectivity index (χ4v) is 3.61. The van der Waals surface area contributed by atoms with Crippen LogP contribution in [0.2, 0.25) is 0 Å². The van der Waals surface area contributed by atoms with Gasteiger partial charge in [0.2, 0.25) is 0 Å². The summed E-state index contributed by atoms with van der Waals surface area (Å²) in [5.41, 5.74) is 4.15. The zero-order chi connectivity index (χ0) is 15.3. The van der Waals surface area contributed by atoms with Crippen molar-refractivity contribution in [2.75, 3.05) is 0 Å². The van der Waals surface area contributed by atoms with Crippen LogP contribution in [0.25, 0.3) is 26.4 Å². The molecule has 22 heavy (non-hydrogen) atoms. The second-order valence-electron chi connectivity index (χ2n) is 5.16. The van der Waals surface area contributed by atoms with Crippen LogP contribution in [0.5, 0.6) is 0 Å². The minimum Gasteiger partial charge on any atom is -0.290 e. The molecule has 0 N–H and O–H groups in total. The van der Waals surface area contributed by atoms with Gasteiger partial charge in [-0.15, -0.1) is 0 Å². The van der Waals surface area contributed by atoms with Crippen molar-refractivity contribution in [3.8, 4) is 11.3 Å². The van der Waals surface area contributed by atoms with Gasteiger partial charge in [0.1, 0.15) is 0 Å². The summed E-state index contributed by atoms with van der Waals surface area (Å²) in [7, 11) is 0. The van der Waals surface area contributed by atoms with Crippen LogP contribution in [0.15, 0.2) is 48.7 Å². The third-order valence-corrected chi connectivity index (χ3v) is 4.64. The molecule has 2 aromatic heterocycles. The molecule has 0 saturated carbocycles. The van der Waals surface area contributed by atoms with Crippen molar-refractivity contribution in [3.05, 3.63) is 64.3 Å². The van der Waals surface area contributed by atoms with E-state index in [1.807, 2.05) is 6.20 Å². The second kappa shape index (κ2) is 4.64. The minimum absolute atomic E-state index is 0.0886. The Balaban J connectivity index is 1.84. The number of rotatable bonds is 2. The molecule has 108 valence electrons. The van der Waals surface area contributed by atoms with Crippen LogP contribution >= 0.6 is 11.3 Å². The molecule has 0 aliphatic heterocycles. The molecule has 0 unspecified atom stereocenters. The summed E-state index contributed by atoms with van der Waals surface area (Å²) < 4.78 is 3.27. The van der Waals surface area contributed by atoms with Gasteiger partial charge in [0.25, 0.3) is 5.69 Å². The number of nitrogens with zero attached hydrogens (tertiary/aromatic N) is 3. The van der Waals surface area contributed by atoms with E-state index in [0.29, 0.717) is 0 Å². The standard InChI is InChI=1S/C16H11N3O2S/c1-10-2-7-14-15(8-10)22-16-17-13(9-18(14)16)11-3-5-12(6-4-11)19(20)21/h2-9H,1H3. The quantitative estimate of drug-likeness (QED) is 0.406. The van der Waals surface area contributed by atoms with Crippen molar-refractivity contribution in [3.63, 3.8) is 0 Å². The number of non-ortho nitro benzene ring substituents is 1. The lowest BCUT2D eigenvalue weighted by Crippen LogP contribution is -1.87. The minimum atomic E-state index is -0.397. The van der Waals surface area contributed by atoms with E-state index in [9.17, 15) is 10.1 Å². The van der Waals surface area contributed by atoms with Crippen molar-refractivity contribution in [2.24, 2.45) is 0 Å². The van der Waals surface area contributed by atoms with Crippen LogP contribution in [0.1, 0.15) is 5.56 Å². The number of hydrogen-bond acceptors (Lipinski definition) is 4. The summed E-state index contributed by atoms with van der Waals surface area (Å²) in [6.45, 7) is 2.07. The number of nitro benzene ring substituents is 1. The number of thiazole rings is 1. The summed E-state index contributed by atoms with van der Waals surface area (Å²) in [5.74, 6) is 0. The molecule has 5 nitrogen and oxygen atoms in total. The van der Waals surface area contributed by atoms with E-state index in [-0.39, 0.29) is 5.69 Å². The summed E-state index contributed by atoms with van der Waals surface area (Å²) in [6, 6.07) is 12.8. The van der Waals surface area contributed by atoms with Gasteiger partial charge in [-0.1, -0.05) is 17.4 Å². The first-order valence-corrected chi connectivity index (χ1v) is 7.56. The Hall–Kier alpha value is -2.73. The van der Waals surface area contributed by atoms with Gasteiger partial charge in [0.05, 0.1) is 20.8 Å². The number of aromatic nitrogens is 2. The molecular weight excluding hydrogens is 298 g/mol. The molecule has 0 bridgehead atoms. The lowest BCUT2D eigenvalue weighted by molar-refractivity contribution is -0.384. The predicted octanol–water partition coefficient (Wildman–Crippen LogP) is 4.43. The highest BCUT2D eigenvalue weighted by molar-refractivity contribution is 7.23. The lowest BCUT2D eigenvalue weighted by Gasteiger charge is -1.96. The number of imidazole rings is 1. The molecule has 0 aliphatic carbocycles. The lowest BCUT2D eigenvalue weighted by atomic mass is 10.1. The molecule has 2 heterocycles. The van der Waals surface area contributed by atoms with Gasteiger partial charge < -0.3 is 0 Å². The Morgan fingerprint density at radius 1 is 1.18 bits per heavy atom. The highest BCUT2D eigenvalue weighted by atomic mass is 32.1. The third-order valence-electron chi connectivity index (χ3n) is 3.62. The van der Waals surface area contributed by atoms with Crippen molar-refractivity contribution < 1.29 is 4.92 Å². The van der Waals surface area contributed by atoms with Crippen LogP contribution < -0.4 is 0 Å². The largest absolute Gasteiger partial charge is 0.290 e. The van der Waals surface area contributed by atoms with Gasteiger partial charge in [-0.2, -0.15) is 0 Å². The third kappa shape index (κ3) is 1.96. The first kappa shape index (κ1) is 13.0. The Kier molecular flexibility index (Phi) is 2.74.